The van der Waals surface area contributed by atoms with Gasteiger partial charge < -0.3 is 18.8 Å². The van der Waals surface area contributed by atoms with E-state index in [1.165, 1.54) is 5.56 Å². The van der Waals surface area contributed by atoms with Gasteiger partial charge in [0.25, 0.3) is 5.91 Å². The number of hydrogen-bond acceptors (Lipinski definition) is 5. The van der Waals surface area contributed by atoms with Gasteiger partial charge in [-0.2, -0.15) is 0 Å². The number of aromatic nitrogens is 2. The molecule has 180 valence electrons. The molecule has 34 heavy (non-hydrogen) atoms. The van der Waals surface area contributed by atoms with Gasteiger partial charge in [-0.25, -0.2) is 4.98 Å². The van der Waals surface area contributed by atoms with E-state index in [1.54, 1.807) is 0 Å². The standard InChI is InChI=1S/C27H34N4O3/c1-19-6-11-26-28-23(16-30(26)13-19)18-33-25-9-7-22(8-10-25)27(32)31-12-4-5-24(31)17-29-14-20(2)34-21(3)15-29/h6-11,13,16,20-21,24H,4-5,12,14-15,17-18H2,1-3H3. The second-order valence-electron chi connectivity index (χ2n) is 9.79. The Balaban J connectivity index is 1.19. The van der Waals surface area contributed by atoms with Crippen molar-refractivity contribution >= 4 is 11.6 Å². The molecule has 2 saturated heterocycles. The van der Waals surface area contributed by atoms with Crippen LogP contribution < -0.4 is 4.74 Å². The van der Waals surface area contributed by atoms with E-state index in [-0.39, 0.29) is 24.2 Å². The molecule has 2 aliphatic heterocycles. The minimum absolute atomic E-state index is 0.110. The smallest absolute Gasteiger partial charge is 0.254 e. The van der Waals surface area contributed by atoms with Crippen molar-refractivity contribution in [2.75, 3.05) is 26.2 Å². The molecule has 2 aliphatic rings. The lowest BCUT2D eigenvalue weighted by Gasteiger charge is -2.38. The highest BCUT2D eigenvalue weighted by Gasteiger charge is 2.32. The maximum Gasteiger partial charge on any atom is 0.254 e. The highest BCUT2D eigenvalue weighted by molar-refractivity contribution is 5.94. The van der Waals surface area contributed by atoms with Gasteiger partial charge in [0.15, 0.2) is 0 Å². The summed E-state index contributed by atoms with van der Waals surface area (Å²) < 4.78 is 13.8. The van der Waals surface area contributed by atoms with Crippen LogP contribution in [0.25, 0.3) is 5.65 Å². The summed E-state index contributed by atoms with van der Waals surface area (Å²) in [5.74, 6) is 0.846. The van der Waals surface area contributed by atoms with Crippen LogP contribution in [0, 0.1) is 6.92 Å². The van der Waals surface area contributed by atoms with Crippen LogP contribution in [0.5, 0.6) is 5.75 Å². The van der Waals surface area contributed by atoms with Crippen LogP contribution in [0.2, 0.25) is 0 Å². The van der Waals surface area contributed by atoms with E-state index in [0.717, 1.165) is 56.1 Å². The fraction of sp³-hybridized carbons (Fsp3) is 0.481. The van der Waals surface area contributed by atoms with Crippen molar-refractivity contribution in [3.8, 4) is 5.75 Å². The van der Waals surface area contributed by atoms with E-state index < -0.39 is 0 Å². The van der Waals surface area contributed by atoms with Gasteiger partial charge in [0.05, 0.1) is 17.9 Å². The lowest BCUT2D eigenvalue weighted by atomic mass is 10.1. The number of ether oxygens (including phenoxy) is 2. The number of hydrogen-bond donors (Lipinski definition) is 0. The molecule has 3 unspecified atom stereocenters. The number of rotatable bonds is 6. The minimum Gasteiger partial charge on any atom is -0.487 e. The largest absolute Gasteiger partial charge is 0.487 e. The molecule has 0 spiro atoms. The third-order valence-electron chi connectivity index (χ3n) is 6.74. The van der Waals surface area contributed by atoms with E-state index in [9.17, 15) is 4.79 Å². The quantitative estimate of drug-likeness (QED) is 0.556. The Labute approximate surface area is 201 Å². The first-order chi connectivity index (χ1) is 16.4. The number of carbonyl (C=O) groups excluding carboxylic acids is 1. The summed E-state index contributed by atoms with van der Waals surface area (Å²) >= 11 is 0. The highest BCUT2D eigenvalue weighted by Crippen LogP contribution is 2.24. The number of morpholine rings is 1. The Morgan fingerprint density at radius 2 is 1.85 bits per heavy atom. The second-order valence-corrected chi connectivity index (χ2v) is 9.79. The van der Waals surface area contributed by atoms with Gasteiger partial charge >= 0.3 is 0 Å². The molecule has 7 heteroatoms. The Bertz CT molecular complexity index is 1130. The molecule has 7 nitrogen and oxygen atoms in total. The molecule has 2 fully saturated rings. The van der Waals surface area contributed by atoms with E-state index >= 15 is 0 Å². The Hall–Kier alpha value is -2.90. The van der Waals surface area contributed by atoms with Crippen molar-refractivity contribution in [1.29, 1.82) is 0 Å². The maximum atomic E-state index is 13.3. The van der Waals surface area contributed by atoms with Gasteiger partial charge in [-0.15, -0.1) is 0 Å². The van der Waals surface area contributed by atoms with Crippen LogP contribution >= 0.6 is 0 Å². The summed E-state index contributed by atoms with van der Waals surface area (Å²) in [5, 5.41) is 0. The number of carbonyl (C=O) groups is 1. The summed E-state index contributed by atoms with van der Waals surface area (Å²) in [6.45, 7) is 10.3. The summed E-state index contributed by atoms with van der Waals surface area (Å²) in [6.07, 6.45) is 6.65. The Kier molecular flexibility index (Phi) is 6.57. The maximum absolute atomic E-state index is 13.3. The molecule has 1 amide bonds. The van der Waals surface area contributed by atoms with Gasteiger partial charge in [-0.3, -0.25) is 9.69 Å². The van der Waals surface area contributed by atoms with Crippen LogP contribution in [-0.4, -0.2) is 69.5 Å². The van der Waals surface area contributed by atoms with Crippen LogP contribution in [0.15, 0.2) is 48.8 Å². The zero-order valence-electron chi connectivity index (χ0n) is 20.3. The number of imidazole rings is 1. The number of amides is 1. The highest BCUT2D eigenvalue weighted by atomic mass is 16.5. The SMILES string of the molecule is Cc1ccc2nc(COc3ccc(C(=O)N4CCCC4CN4CC(C)OC(C)C4)cc3)cn2c1. The molecule has 1 aromatic carbocycles. The summed E-state index contributed by atoms with van der Waals surface area (Å²) in [5.41, 5.74) is 3.68. The van der Waals surface area contributed by atoms with E-state index in [0.29, 0.717) is 12.2 Å². The zero-order chi connectivity index (χ0) is 23.7. The van der Waals surface area contributed by atoms with Crippen molar-refractivity contribution in [2.45, 2.75) is 58.5 Å². The topological polar surface area (TPSA) is 59.3 Å². The third kappa shape index (κ3) is 5.10. The normalized spacial score (nSPS) is 23.5. The van der Waals surface area contributed by atoms with E-state index in [4.69, 9.17) is 9.47 Å². The summed E-state index contributed by atoms with van der Waals surface area (Å²) in [4.78, 5) is 22.4. The van der Waals surface area contributed by atoms with E-state index in [2.05, 4.69) is 47.8 Å². The first-order valence-electron chi connectivity index (χ1n) is 12.3. The fourth-order valence-electron chi connectivity index (χ4n) is 5.27. The molecule has 2 aromatic heterocycles. The van der Waals surface area contributed by atoms with Crippen molar-refractivity contribution in [1.82, 2.24) is 19.2 Å². The number of benzene rings is 1. The third-order valence-corrected chi connectivity index (χ3v) is 6.74. The lowest BCUT2D eigenvalue weighted by Crippen LogP contribution is -2.50. The molecule has 0 radical (unpaired) electrons. The number of likely N-dealkylation sites (tertiary alicyclic amines) is 1. The van der Waals surface area contributed by atoms with Crippen LogP contribution in [0.3, 0.4) is 0 Å². The number of fused-ring (bicyclic) bond motifs is 1. The fourth-order valence-corrected chi connectivity index (χ4v) is 5.27. The van der Waals surface area contributed by atoms with Crippen molar-refractivity contribution < 1.29 is 14.3 Å². The zero-order valence-corrected chi connectivity index (χ0v) is 20.3. The monoisotopic (exact) mass is 462 g/mol. The predicted molar refractivity (Wildman–Crippen MR) is 131 cm³/mol. The van der Waals surface area contributed by atoms with Crippen molar-refractivity contribution in [3.63, 3.8) is 0 Å². The van der Waals surface area contributed by atoms with Gasteiger partial charge in [-0.05, 0) is 69.5 Å². The molecule has 3 aromatic rings. The Morgan fingerprint density at radius 3 is 2.62 bits per heavy atom. The lowest BCUT2D eigenvalue weighted by molar-refractivity contribution is -0.0715. The van der Waals surface area contributed by atoms with Crippen molar-refractivity contribution in [2.24, 2.45) is 0 Å². The minimum atomic E-state index is 0.110. The molecule has 0 aliphatic carbocycles. The van der Waals surface area contributed by atoms with Crippen molar-refractivity contribution in [3.05, 3.63) is 65.6 Å². The molecular weight excluding hydrogens is 428 g/mol. The van der Waals surface area contributed by atoms with Gasteiger partial charge in [-0.1, -0.05) is 6.07 Å². The average Bonchev–Trinajstić information content (AvgIpc) is 3.43. The number of pyridine rings is 1. The predicted octanol–water partition coefficient (Wildman–Crippen LogP) is 3.94. The van der Waals surface area contributed by atoms with E-state index in [1.807, 2.05) is 40.9 Å². The van der Waals surface area contributed by atoms with Crippen LogP contribution in [0.1, 0.15) is 48.3 Å². The number of nitrogens with zero attached hydrogens (tertiary/aromatic N) is 4. The molecular formula is C27H34N4O3. The Morgan fingerprint density at radius 1 is 1.09 bits per heavy atom. The second kappa shape index (κ2) is 9.76. The molecule has 0 N–H and O–H groups in total. The molecule has 4 heterocycles. The first kappa shape index (κ1) is 22.9. The van der Waals surface area contributed by atoms with Gasteiger partial charge in [0.1, 0.15) is 18.0 Å². The summed E-state index contributed by atoms with van der Waals surface area (Å²) in [7, 11) is 0. The van der Waals surface area contributed by atoms with Crippen LogP contribution in [-0.2, 0) is 11.3 Å². The van der Waals surface area contributed by atoms with Gasteiger partial charge in [0, 0.05) is 50.2 Å². The van der Waals surface area contributed by atoms with Crippen LogP contribution in [0.4, 0.5) is 0 Å². The number of aryl methyl sites for hydroxylation is 1. The summed E-state index contributed by atoms with van der Waals surface area (Å²) in [6, 6.07) is 11.8. The molecule has 3 atom stereocenters. The molecule has 5 rings (SSSR count). The molecule has 0 bridgehead atoms. The average molecular weight is 463 g/mol. The van der Waals surface area contributed by atoms with Gasteiger partial charge in [0.2, 0.25) is 0 Å². The molecule has 0 saturated carbocycles. The first-order valence-corrected chi connectivity index (χ1v) is 12.3.